The molecule has 2 aromatic rings. The summed E-state index contributed by atoms with van der Waals surface area (Å²) in [4.78, 5) is 28.9. The van der Waals surface area contributed by atoms with Gasteiger partial charge in [0.2, 0.25) is 0 Å². The standard InChI is InChI=1S/C22H27N3O4/c1-16(29-22(27)17-5-4-6-20(15-17)24(2)3)21(26)23-18-7-9-19(10-8-18)25-11-13-28-14-12-25/h4-10,15-16H,11-14H2,1-3H3,(H,23,26)/t16-/m1/s1. The molecule has 1 atom stereocenters. The first-order valence-corrected chi connectivity index (χ1v) is 9.66. The summed E-state index contributed by atoms with van der Waals surface area (Å²) in [5.41, 5.74) is 3.04. The summed E-state index contributed by atoms with van der Waals surface area (Å²) < 4.78 is 10.7. The van der Waals surface area contributed by atoms with Gasteiger partial charge >= 0.3 is 5.97 Å². The van der Waals surface area contributed by atoms with Gasteiger partial charge in [-0.15, -0.1) is 0 Å². The number of esters is 1. The molecule has 0 aliphatic carbocycles. The molecular formula is C22H27N3O4. The van der Waals surface area contributed by atoms with Gasteiger partial charge in [0.25, 0.3) is 5.91 Å². The molecule has 0 spiro atoms. The fourth-order valence-electron chi connectivity index (χ4n) is 3.01. The highest BCUT2D eigenvalue weighted by Gasteiger charge is 2.20. The Morgan fingerprint density at radius 1 is 1.10 bits per heavy atom. The predicted octanol–water partition coefficient (Wildman–Crippen LogP) is 2.77. The maximum Gasteiger partial charge on any atom is 0.338 e. The quantitative estimate of drug-likeness (QED) is 0.756. The molecular weight excluding hydrogens is 370 g/mol. The lowest BCUT2D eigenvalue weighted by molar-refractivity contribution is -0.123. The Hall–Kier alpha value is -3.06. The summed E-state index contributed by atoms with van der Waals surface area (Å²) in [6.45, 7) is 4.71. The van der Waals surface area contributed by atoms with Gasteiger partial charge in [0.05, 0.1) is 18.8 Å². The van der Waals surface area contributed by atoms with Crippen molar-refractivity contribution in [3.8, 4) is 0 Å². The van der Waals surface area contributed by atoms with E-state index < -0.39 is 12.1 Å². The van der Waals surface area contributed by atoms with Crippen LogP contribution in [0.15, 0.2) is 48.5 Å². The average Bonchev–Trinajstić information content (AvgIpc) is 2.75. The number of amides is 1. The van der Waals surface area contributed by atoms with Crippen LogP contribution in [0.3, 0.4) is 0 Å². The Morgan fingerprint density at radius 3 is 2.45 bits per heavy atom. The van der Waals surface area contributed by atoms with Crippen LogP contribution in [0.2, 0.25) is 0 Å². The number of carbonyl (C=O) groups is 2. The minimum absolute atomic E-state index is 0.374. The smallest absolute Gasteiger partial charge is 0.338 e. The van der Waals surface area contributed by atoms with Crippen molar-refractivity contribution in [2.75, 3.05) is 55.5 Å². The molecule has 7 heteroatoms. The third-order valence-corrected chi connectivity index (χ3v) is 4.76. The van der Waals surface area contributed by atoms with E-state index in [4.69, 9.17) is 9.47 Å². The van der Waals surface area contributed by atoms with E-state index in [0.29, 0.717) is 11.3 Å². The number of nitrogens with one attached hydrogen (secondary N) is 1. The molecule has 1 saturated heterocycles. The number of anilines is 3. The monoisotopic (exact) mass is 397 g/mol. The van der Waals surface area contributed by atoms with Crippen LogP contribution in [0.4, 0.5) is 17.1 Å². The number of hydrogen-bond acceptors (Lipinski definition) is 6. The third-order valence-electron chi connectivity index (χ3n) is 4.76. The molecule has 3 rings (SSSR count). The molecule has 1 aliphatic heterocycles. The highest BCUT2D eigenvalue weighted by Crippen LogP contribution is 2.20. The Bertz CT molecular complexity index is 845. The molecule has 2 aromatic carbocycles. The van der Waals surface area contributed by atoms with Crippen molar-refractivity contribution in [3.63, 3.8) is 0 Å². The maximum absolute atomic E-state index is 12.4. The van der Waals surface area contributed by atoms with Crippen LogP contribution in [0.25, 0.3) is 0 Å². The Balaban J connectivity index is 1.56. The number of nitrogens with zero attached hydrogens (tertiary/aromatic N) is 2. The number of benzene rings is 2. The largest absolute Gasteiger partial charge is 0.449 e. The molecule has 1 fully saturated rings. The number of carbonyl (C=O) groups excluding carboxylic acids is 2. The minimum atomic E-state index is -0.913. The van der Waals surface area contributed by atoms with Crippen LogP contribution in [-0.2, 0) is 14.3 Å². The third kappa shape index (κ3) is 5.48. The van der Waals surface area contributed by atoms with Crippen molar-refractivity contribution in [2.45, 2.75) is 13.0 Å². The number of morpholine rings is 1. The van der Waals surface area contributed by atoms with Crippen LogP contribution < -0.4 is 15.1 Å². The van der Waals surface area contributed by atoms with Gasteiger partial charge in [-0.3, -0.25) is 4.79 Å². The summed E-state index contributed by atoms with van der Waals surface area (Å²) in [6, 6.07) is 14.7. The second kappa shape index (κ2) is 9.43. The van der Waals surface area contributed by atoms with E-state index in [2.05, 4.69) is 10.2 Å². The number of rotatable bonds is 6. The fourth-order valence-corrected chi connectivity index (χ4v) is 3.01. The Morgan fingerprint density at radius 2 is 1.79 bits per heavy atom. The molecule has 29 heavy (non-hydrogen) atoms. The first kappa shape index (κ1) is 20.7. The fraction of sp³-hybridized carbons (Fsp3) is 0.364. The highest BCUT2D eigenvalue weighted by atomic mass is 16.5. The zero-order chi connectivity index (χ0) is 20.8. The van der Waals surface area contributed by atoms with Gasteiger partial charge < -0.3 is 24.6 Å². The second-order valence-electron chi connectivity index (χ2n) is 7.13. The highest BCUT2D eigenvalue weighted by molar-refractivity contribution is 5.97. The SMILES string of the molecule is C[C@@H](OC(=O)c1cccc(N(C)C)c1)C(=O)Nc1ccc(N2CCOCC2)cc1. The predicted molar refractivity (Wildman–Crippen MR) is 114 cm³/mol. The van der Waals surface area contributed by atoms with Crippen molar-refractivity contribution < 1.29 is 19.1 Å². The van der Waals surface area contributed by atoms with Crippen molar-refractivity contribution in [3.05, 3.63) is 54.1 Å². The zero-order valence-electron chi connectivity index (χ0n) is 17.1. The summed E-state index contributed by atoms with van der Waals surface area (Å²) in [7, 11) is 3.79. The van der Waals surface area contributed by atoms with Crippen LogP contribution in [-0.4, -0.2) is 58.4 Å². The summed E-state index contributed by atoms with van der Waals surface area (Å²) in [5, 5.41) is 2.79. The molecule has 1 amide bonds. The molecule has 1 heterocycles. The van der Waals surface area contributed by atoms with E-state index >= 15 is 0 Å². The van der Waals surface area contributed by atoms with Gasteiger partial charge in [0.1, 0.15) is 0 Å². The molecule has 1 N–H and O–H groups in total. The van der Waals surface area contributed by atoms with Gasteiger partial charge in [-0.25, -0.2) is 4.79 Å². The lowest BCUT2D eigenvalue weighted by Gasteiger charge is -2.28. The van der Waals surface area contributed by atoms with E-state index in [1.54, 1.807) is 25.1 Å². The normalized spacial score (nSPS) is 14.8. The van der Waals surface area contributed by atoms with Crippen molar-refractivity contribution in [1.29, 1.82) is 0 Å². The second-order valence-corrected chi connectivity index (χ2v) is 7.13. The van der Waals surface area contributed by atoms with E-state index in [0.717, 1.165) is 37.7 Å². The lowest BCUT2D eigenvalue weighted by Crippen LogP contribution is -2.36. The summed E-state index contributed by atoms with van der Waals surface area (Å²) in [6.07, 6.45) is -0.913. The van der Waals surface area contributed by atoms with E-state index in [1.165, 1.54) is 0 Å². The van der Waals surface area contributed by atoms with E-state index in [1.807, 2.05) is 49.3 Å². The van der Waals surface area contributed by atoms with E-state index in [9.17, 15) is 9.59 Å². The molecule has 0 radical (unpaired) electrons. The van der Waals surface area contributed by atoms with Crippen molar-refractivity contribution in [1.82, 2.24) is 0 Å². The minimum Gasteiger partial charge on any atom is -0.449 e. The first-order chi connectivity index (χ1) is 13.9. The molecule has 154 valence electrons. The van der Waals surface area contributed by atoms with Crippen LogP contribution in [0.1, 0.15) is 17.3 Å². The van der Waals surface area contributed by atoms with Crippen LogP contribution >= 0.6 is 0 Å². The van der Waals surface area contributed by atoms with Crippen LogP contribution in [0.5, 0.6) is 0 Å². The van der Waals surface area contributed by atoms with Gasteiger partial charge in [0.15, 0.2) is 6.10 Å². The van der Waals surface area contributed by atoms with Gasteiger partial charge in [-0.1, -0.05) is 6.07 Å². The summed E-state index contributed by atoms with van der Waals surface area (Å²) >= 11 is 0. The molecule has 0 aromatic heterocycles. The Labute approximate surface area is 171 Å². The maximum atomic E-state index is 12.4. The summed E-state index contributed by atoms with van der Waals surface area (Å²) in [5.74, 6) is -0.903. The Kier molecular flexibility index (Phi) is 6.72. The van der Waals surface area contributed by atoms with Crippen molar-refractivity contribution in [2.24, 2.45) is 0 Å². The van der Waals surface area contributed by atoms with Gasteiger partial charge in [-0.05, 0) is 49.4 Å². The molecule has 7 nitrogen and oxygen atoms in total. The van der Waals surface area contributed by atoms with Crippen LogP contribution in [0, 0.1) is 0 Å². The van der Waals surface area contributed by atoms with E-state index in [-0.39, 0.29) is 5.91 Å². The molecule has 0 saturated carbocycles. The first-order valence-electron chi connectivity index (χ1n) is 9.66. The average molecular weight is 397 g/mol. The van der Waals surface area contributed by atoms with Gasteiger partial charge in [-0.2, -0.15) is 0 Å². The molecule has 0 unspecified atom stereocenters. The van der Waals surface area contributed by atoms with Gasteiger partial charge in [0, 0.05) is 44.2 Å². The lowest BCUT2D eigenvalue weighted by atomic mass is 10.2. The number of hydrogen-bond donors (Lipinski definition) is 1. The molecule has 1 aliphatic rings. The number of ether oxygens (including phenoxy) is 2. The van der Waals surface area contributed by atoms with Crippen molar-refractivity contribution >= 4 is 28.9 Å². The zero-order valence-corrected chi connectivity index (χ0v) is 17.1. The topological polar surface area (TPSA) is 71.1 Å². The molecule has 0 bridgehead atoms.